The molecule has 1 fully saturated rings. The lowest BCUT2D eigenvalue weighted by atomic mass is 10.1. The number of carbonyl (C=O) groups is 1. The average Bonchev–Trinajstić information content (AvgIpc) is 3.15. The lowest BCUT2D eigenvalue weighted by molar-refractivity contribution is -0.115. The maximum atomic E-state index is 12.3. The minimum atomic E-state index is -0.133. The van der Waals surface area contributed by atoms with E-state index in [9.17, 15) is 4.79 Å². The van der Waals surface area contributed by atoms with Crippen LogP contribution in [0, 0.1) is 13.8 Å². The lowest BCUT2D eigenvalue weighted by Crippen LogP contribution is -2.19. The molecule has 1 aliphatic heterocycles. The number of hydrogen-bond acceptors (Lipinski definition) is 4. The molecule has 3 aromatic rings. The number of pyridine rings is 1. The van der Waals surface area contributed by atoms with Crippen molar-refractivity contribution in [3.8, 4) is 0 Å². The number of amidine groups is 1. The van der Waals surface area contributed by atoms with Gasteiger partial charge in [-0.3, -0.25) is 4.79 Å². The van der Waals surface area contributed by atoms with Crippen LogP contribution in [0.4, 0.5) is 5.69 Å². The Bertz CT molecular complexity index is 1050. The zero-order valence-corrected chi connectivity index (χ0v) is 14.6. The number of H-pyrrole nitrogens is 1. The molecule has 0 bridgehead atoms. The molecule has 0 spiro atoms. The molecular weight excluding hydrogens is 332 g/mol. The fraction of sp³-hybridized carbons (Fsp3) is 0.105. The number of carbonyl (C=O) groups excluding carboxylic acids is 1. The number of aromatic amines is 1. The van der Waals surface area contributed by atoms with Crippen molar-refractivity contribution >= 4 is 45.6 Å². The Kier molecular flexibility index (Phi) is 3.89. The van der Waals surface area contributed by atoms with E-state index in [1.807, 2.05) is 50.4 Å². The first-order valence-corrected chi connectivity index (χ1v) is 8.71. The molecule has 0 aliphatic carbocycles. The summed E-state index contributed by atoms with van der Waals surface area (Å²) >= 11 is 1.35. The van der Waals surface area contributed by atoms with Gasteiger partial charge in [0.25, 0.3) is 5.91 Å². The van der Waals surface area contributed by atoms with Crippen LogP contribution in [0.2, 0.25) is 0 Å². The number of benzene rings is 1. The van der Waals surface area contributed by atoms with Crippen molar-refractivity contribution in [1.82, 2.24) is 15.3 Å². The maximum absolute atomic E-state index is 12.3. The van der Waals surface area contributed by atoms with Crippen LogP contribution in [0.15, 0.2) is 52.6 Å². The van der Waals surface area contributed by atoms with Gasteiger partial charge in [-0.15, -0.1) is 0 Å². The van der Waals surface area contributed by atoms with Gasteiger partial charge >= 0.3 is 0 Å². The highest BCUT2D eigenvalue weighted by atomic mass is 32.2. The van der Waals surface area contributed by atoms with Gasteiger partial charge in [0.15, 0.2) is 5.17 Å². The Labute approximate surface area is 149 Å². The van der Waals surface area contributed by atoms with Gasteiger partial charge in [-0.05, 0) is 55.4 Å². The molecule has 1 saturated heterocycles. The molecule has 2 aromatic heterocycles. The number of aliphatic imine (C=N–C) groups is 1. The zero-order valence-electron chi connectivity index (χ0n) is 13.8. The van der Waals surface area contributed by atoms with Gasteiger partial charge in [0, 0.05) is 23.3 Å². The van der Waals surface area contributed by atoms with E-state index in [-0.39, 0.29) is 5.91 Å². The summed E-state index contributed by atoms with van der Waals surface area (Å²) in [7, 11) is 0. The van der Waals surface area contributed by atoms with Crippen LogP contribution in [0.25, 0.3) is 17.1 Å². The summed E-state index contributed by atoms with van der Waals surface area (Å²) in [6, 6.07) is 9.93. The second-order valence-corrected chi connectivity index (χ2v) is 6.95. The number of thioether (sulfide) groups is 1. The average molecular weight is 348 g/mol. The lowest BCUT2D eigenvalue weighted by Gasteiger charge is -2.02. The standard InChI is InChI=1S/C19H16N4OS/c1-11-5-6-15(12(2)8-11)22-19-23-18(24)16(25-19)9-13-10-21-17-14(13)4-3-7-20-17/h3-10H,1-2H3,(H,20,21)(H,22,23,24). The summed E-state index contributed by atoms with van der Waals surface area (Å²) in [5.74, 6) is -0.133. The summed E-state index contributed by atoms with van der Waals surface area (Å²) in [6.45, 7) is 4.07. The third-order valence-electron chi connectivity index (χ3n) is 3.99. The van der Waals surface area contributed by atoms with Gasteiger partial charge in [0.1, 0.15) is 5.65 Å². The van der Waals surface area contributed by atoms with Crippen molar-refractivity contribution in [1.29, 1.82) is 0 Å². The molecule has 3 heterocycles. The topological polar surface area (TPSA) is 70.1 Å². The molecule has 1 aliphatic rings. The fourth-order valence-electron chi connectivity index (χ4n) is 2.76. The molecule has 0 unspecified atom stereocenters. The van der Waals surface area contributed by atoms with E-state index in [0.717, 1.165) is 27.8 Å². The van der Waals surface area contributed by atoms with E-state index in [2.05, 4.69) is 26.3 Å². The van der Waals surface area contributed by atoms with E-state index in [1.165, 1.54) is 17.3 Å². The molecule has 6 heteroatoms. The van der Waals surface area contributed by atoms with E-state index in [0.29, 0.717) is 10.1 Å². The number of aryl methyl sites for hydroxylation is 2. The first kappa shape index (κ1) is 15.7. The highest BCUT2D eigenvalue weighted by Gasteiger charge is 2.24. The SMILES string of the molecule is Cc1ccc(N=C2NC(=O)C(=Cc3c[nH]c4ncccc34)S2)c(C)c1. The number of amides is 1. The molecule has 0 radical (unpaired) electrons. The molecule has 1 aromatic carbocycles. The van der Waals surface area contributed by atoms with Crippen LogP contribution in [0.5, 0.6) is 0 Å². The molecule has 0 saturated carbocycles. The molecule has 2 N–H and O–H groups in total. The summed E-state index contributed by atoms with van der Waals surface area (Å²) in [5, 5.41) is 4.42. The predicted octanol–water partition coefficient (Wildman–Crippen LogP) is 4.07. The summed E-state index contributed by atoms with van der Waals surface area (Å²) in [4.78, 5) is 24.8. The number of hydrogen-bond donors (Lipinski definition) is 2. The second-order valence-electron chi connectivity index (χ2n) is 5.92. The third kappa shape index (κ3) is 3.08. The van der Waals surface area contributed by atoms with E-state index < -0.39 is 0 Å². The molecule has 1 amide bonds. The number of nitrogens with zero attached hydrogens (tertiary/aromatic N) is 2. The summed E-state index contributed by atoms with van der Waals surface area (Å²) in [6.07, 6.45) is 5.46. The quantitative estimate of drug-likeness (QED) is 0.686. The van der Waals surface area contributed by atoms with Crippen molar-refractivity contribution < 1.29 is 4.79 Å². The van der Waals surface area contributed by atoms with Gasteiger partial charge in [-0.1, -0.05) is 17.7 Å². The van der Waals surface area contributed by atoms with Crippen LogP contribution in [-0.4, -0.2) is 21.0 Å². The van der Waals surface area contributed by atoms with E-state index >= 15 is 0 Å². The largest absolute Gasteiger partial charge is 0.346 e. The van der Waals surface area contributed by atoms with Crippen LogP contribution >= 0.6 is 11.8 Å². The minimum absolute atomic E-state index is 0.133. The Hall–Kier alpha value is -2.86. The smallest absolute Gasteiger partial charge is 0.264 e. The minimum Gasteiger partial charge on any atom is -0.346 e. The van der Waals surface area contributed by atoms with Crippen molar-refractivity contribution in [2.24, 2.45) is 4.99 Å². The molecular formula is C19H16N4OS. The Morgan fingerprint density at radius 3 is 2.96 bits per heavy atom. The first-order valence-electron chi connectivity index (χ1n) is 7.89. The molecule has 4 rings (SSSR count). The highest BCUT2D eigenvalue weighted by Crippen LogP contribution is 2.30. The number of rotatable bonds is 2. The van der Waals surface area contributed by atoms with E-state index in [4.69, 9.17) is 0 Å². The summed E-state index contributed by atoms with van der Waals surface area (Å²) in [5.41, 5.74) is 4.89. The molecule has 124 valence electrons. The molecule has 5 nitrogen and oxygen atoms in total. The zero-order chi connectivity index (χ0) is 17.4. The Balaban J connectivity index is 1.65. The predicted molar refractivity (Wildman–Crippen MR) is 103 cm³/mol. The first-order chi connectivity index (χ1) is 12.1. The van der Waals surface area contributed by atoms with Gasteiger partial charge < -0.3 is 10.3 Å². The molecule has 25 heavy (non-hydrogen) atoms. The van der Waals surface area contributed by atoms with Crippen molar-refractivity contribution in [3.05, 3.63) is 64.3 Å². The van der Waals surface area contributed by atoms with Crippen LogP contribution < -0.4 is 5.32 Å². The fourth-order valence-corrected chi connectivity index (χ4v) is 3.58. The molecule has 0 atom stereocenters. The van der Waals surface area contributed by atoms with Crippen LogP contribution in [-0.2, 0) is 4.79 Å². The van der Waals surface area contributed by atoms with Crippen LogP contribution in [0.3, 0.4) is 0 Å². The number of nitrogens with one attached hydrogen (secondary N) is 2. The monoisotopic (exact) mass is 348 g/mol. The number of aromatic nitrogens is 2. The van der Waals surface area contributed by atoms with Crippen LogP contribution in [0.1, 0.15) is 16.7 Å². The maximum Gasteiger partial charge on any atom is 0.264 e. The van der Waals surface area contributed by atoms with E-state index in [1.54, 1.807) is 6.20 Å². The van der Waals surface area contributed by atoms with Gasteiger partial charge in [-0.2, -0.15) is 0 Å². The van der Waals surface area contributed by atoms with Crippen molar-refractivity contribution in [3.63, 3.8) is 0 Å². The highest BCUT2D eigenvalue weighted by molar-refractivity contribution is 8.18. The number of fused-ring (bicyclic) bond motifs is 1. The van der Waals surface area contributed by atoms with Crippen molar-refractivity contribution in [2.75, 3.05) is 0 Å². The van der Waals surface area contributed by atoms with Gasteiger partial charge in [0.05, 0.1) is 10.6 Å². The summed E-state index contributed by atoms with van der Waals surface area (Å²) < 4.78 is 0. The van der Waals surface area contributed by atoms with Gasteiger partial charge in [-0.25, -0.2) is 9.98 Å². The normalized spacial score (nSPS) is 17.6. The van der Waals surface area contributed by atoms with Crippen molar-refractivity contribution in [2.45, 2.75) is 13.8 Å². The van der Waals surface area contributed by atoms with Gasteiger partial charge in [0.2, 0.25) is 0 Å². The Morgan fingerprint density at radius 1 is 1.24 bits per heavy atom. The third-order valence-corrected chi connectivity index (χ3v) is 4.90. The second kappa shape index (κ2) is 6.22. The Morgan fingerprint density at radius 2 is 2.12 bits per heavy atom.